The van der Waals surface area contributed by atoms with Crippen molar-refractivity contribution < 1.29 is 18.0 Å². The Morgan fingerprint density at radius 3 is 2.56 bits per heavy atom. The summed E-state index contributed by atoms with van der Waals surface area (Å²) >= 11 is 0. The SMILES string of the molecule is O=C(Nc1cnn(Cc2ccccc2)c1)c1cccc(C(F)(F)F)c1. The van der Waals surface area contributed by atoms with Gasteiger partial charge >= 0.3 is 6.18 Å². The number of carbonyl (C=O) groups excluding carboxylic acids is 1. The van der Waals surface area contributed by atoms with E-state index in [1.54, 1.807) is 10.9 Å². The van der Waals surface area contributed by atoms with Gasteiger partial charge in [-0.1, -0.05) is 36.4 Å². The van der Waals surface area contributed by atoms with Gasteiger partial charge in [0.1, 0.15) is 0 Å². The first-order valence-electron chi connectivity index (χ1n) is 7.47. The van der Waals surface area contributed by atoms with Crippen LogP contribution < -0.4 is 5.32 Å². The Morgan fingerprint density at radius 1 is 1.08 bits per heavy atom. The number of nitrogens with zero attached hydrogens (tertiary/aromatic N) is 2. The second kappa shape index (κ2) is 6.80. The Kier molecular flexibility index (Phi) is 4.56. The van der Waals surface area contributed by atoms with Crippen LogP contribution in [0.25, 0.3) is 0 Å². The molecule has 3 aromatic rings. The van der Waals surface area contributed by atoms with Gasteiger partial charge in [0.15, 0.2) is 0 Å². The monoisotopic (exact) mass is 345 g/mol. The van der Waals surface area contributed by atoms with E-state index in [1.165, 1.54) is 18.3 Å². The molecule has 128 valence electrons. The van der Waals surface area contributed by atoms with E-state index < -0.39 is 17.6 Å². The second-order valence-electron chi connectivity index (χ2n) is 5.44. The number of hydrogen-bond donors (Lipinski definition) is 1. The number of rotatable bonds is 4. The van der Waals surface area contributed by atoms with E-state index in [4.69, 9.17) is 0 Å². The molecule has 1 heterocycles. The summed E-state index contributed by atoms with van der Waals surface area (Å²) < 4.78 is 39.8. The zero-order chi connectivity index (χ0) is 17.9. The first kappa shape index (κ1) is 16.8. The molecule has 2 aromatic carbocycles. The number of aromatic nitrogens is 2. The predicted molar refractivity (Wildman–Crippen MR) is 87.2 cm³/mol. The van der Waals surface area contributed by atoms with Crippen molar-refractivity contribution in [2.24, 2.45) is 0 Å². The largest absolute Gasteiger partial charge is 0.416 e. The van der Waals surface area contributed by atoms with Crippen molar-refractivity contribution in [1.29, 1.82) is 0 Å². The summed E-state index contributed by atoms with van der Waals surface area (Å²) in [5.41, 5.74) is 0.533. The van der Waals surface area contributed by atoms with Gasteiger partial charge in [-0.05, 0) is 23.8 Å². The van der Waals surface area contributed by atoms with Gasteiger partial charge in [-0.15, -0.1) is 0 Å². The third kappa shape index (κ3) is 4.26. The van der Waals surface area contributed by atoms with Gasteiger partial charge in [0.25, 0.3) is 5.91 Å². The van der Waals surface area contributed by atoms with Crippen molar-refractivity contribution in [1.82, 2.24) is 9.78 Å². The normalized spacial score (nSPS) is 11.3. The number of alkyl halides is 3. The van der Waals surface area contributed by atoms with Crippen LogP contribution in [0.15, 0.2) is 67.0 Å². The van der Waals surface area contributed by atoms with E-state index in [-0.39, 0.29) is 5.56 Å². The fourth-order valence-corrected chi connectivity index (χ4v) is 2.33. The van der Waals surface area contributed by atoms with Gasteiger partial charge in [0, 0.05) is 11.8 Å². The van der Waals surface area contributed by atoms with E-state index in [9.17, 15) is 18.0 Å². The van der Waals surface area contributed by atoms with Crippen molar-refractivity contribution in [3.63, 3.8) is 0 Å². The fourth-order valence-electron chi connectivity index (χ4n) is 2.33. The van der Waals surface area contributed by atoms with Gasteiger partial charge in [0.2, 0.25) is 0 Å². The summed E-state index contributed by atoms with van der Waals surface area (Å²) in [6.07, 6.45) is -1.41. The molecule has 25 heavy (non-hydrogen) atoms. The Hall–Kier alpha value is -3.09. The summed E-state index contributed by atoms with van der Waals surface area (Å²) in [7, 11) is 0. The molecule has 4 nitrogen and oxygen atoms in total. The molecule has 0 saturated heterocycles. The Bertz CT molecular complexity index is 873. The third-order valence-electron chi connectivity index (χ3n) is 3.53. The molecule has 0 atom stereocenters. The van der Waals surface area contributed by atoms with Crippen LogP contribution in [0.1, 0.15) is 21.5 Å². The maximum absolute atomic E-state index is 12.7. The van der Waals surface area contributed by atoms with Gasteiger partial charge in [0.05, 0.1) is 24.0 Å². The zero-order valence-corrected chi connectivity index (χ0v) is 13.0. The Balaban J connectivity index is 1.70. The van der Waals surface area contributed by atoms with E-state index in [2.05, 4.69) is 10.4 Å². The molecular weight excluding hydrogens is 331 g/mol. The van der Waals surface area contributed by atoms with Gasteiger partial charge < -0.3 is 5.32 Å². The zero-order valence-electron chi connectivity index (χ0n) is 13.0. The minimum atomic E-state index is -4.49. The minimum absolute atomic E-state index is 0.0642. The van der Waals surface area contributed by atoms with Crippen molar-refractivity contribution in [3.05, 3.63) is 83.7 Å². The molecule has 0 bridgehead atoms. The molecular formula is C18H14F3N3O. The molecule has 1 aromatic heterocycles. The van der Waals surface area contributed by atoms with Crippen LogP contribution in [0.5, 0.6) is 0 Å². The highest BCUT2D eigenvalue weighted by atomic mass is 19.4. The molecule has 0 unspecified atom stereocenters. The van der Waals surface area contributed by atoms with E-state index in [0.717, 1.165) is 17.7 Å². The Labute approximate surface area is 141 Å². The molecule has 0 spiro atoms. The fraction of sp³-hybridized carbons (Fsp3) is 0.111. The van der Waals surface area contributed by atoms with Crippen LogP contribution in [0.4, 0.5) is 18.9 Å². The van der Waals surface area contributed by atoms with E-state index in [1.807, 2.05) is 30.3 Å². The standard InChI is InChI=1S/C18H14F3N3O/c19-18(20,21)15-8-4-7-14(9-15)17(25)23-16-10-22-24(12-16)11-13-5-2-1-3-6-13/h1-10,12H,11H2,(H,23,25). The van der Waals surface area contributed by atoms with Crippen LogP contribution in [0.2, 0.25) is 0 Å². The first-order valence-corrected chi connectivity index (χ1v) is 7.47. The molecule has 1 N–H and O–H groups in total. The molecule has 0 aliphatic heterocycles. The number of benzene rings is 2. The van der Waals surface area contributed by atoms with Gasteiger partial charge in [-0.3, -0.25) is 9.48 Å². The number of hydrogen-bond acceptors (Lipinski definition) is 2. The van der Waals surface area contributed by atoms with Crippen LogP contribution in [-0.4, -0.2) is 15.7 Å². The minimum Gasteiger partial charge on any atom is -0.319 e. The quantitative estimate of drug-likeness (QED) is 0.770. The Morgan fingerprint density at radius 2 is 1.84 bits per heavy atom. The molecule has 0 aliphatic carbocycles. The lowest BCUT2D eigenvalue weighted by Crippen LogP contribution is -2.13. The molecule has 0 radical (unpaired) electrons. The lowest BCUT2D eigenvalue weighted by atomic mass is 10.1. The van der Waals surface area contributed by atoms with Crippen LogP contribution >= 0.6 is 0 Å². The average molecular weight is 345 g/mol. The third-order valence-corrected chi connectivity index (χ3v) is 3.53. The number of amides is 1. The summed E-state index contributed by atoms with van der Waals surface area (Å²) in [6.45, 7) is 0.528. The average Bonchev–Trinajstić information content (AvgIpc) is 3.02. The van der Waals surface area contributed by atoms with Crippen molar-refractivity contribution >= 4 is 11.6 Å². The molecule has 3 rings (SSSR count). The highest BCUT2D eigenvalue weighted by Gasteiger charge is 2.30. The van der Waals surface area contributed by atoms with Crippen molar-refractivity contribution in [2.45, 2.75) is 12.7 Å². The summed E-state index contributed by atoms with van der Waals surface area (Å²) in [5, 5.41) is 6.69. The number of anilines is 1. The van der Waals surface area contributed by atoms with Gasteiger partial charge in [-0.2, -0.15) is 18.3 Å². The molecule has 1 amide bonds. The topological polar surface area (TPSA) is 46.9 Å². The molecule has 0 saturated carbocycles. The van der Waals surface area contributed by atoms with E-state index >= 15 is 0 Å². The maximum Gasteiger partial charge on any atom is 0.416 e. The van der Waals surface area contributed by atoms with Crippen LogP contribution in [-0.2, 0) is 12.7 Å². The summed E-state index contributed by atoms with van der Waals surface area (Å²) in [4.78, 5) is 12.1. The highest BCUT2D eigenvalue weighted by Crippen LogP contribution is 2.29. The maximum atomic E-state index is 12.7. The van der Waals surface area contributed by atoms with Crippen molar-refractivity contribution in [2.75, 3.05) is 5.32 Å². The van der Waals surface area contributed by atoms with Gasteiger partial charge in [-0.25, -0.2) is 0 Å². The van der Waals surface area contributed by atoms with E-state index in [0.29, 0.717) is 12.2 Å². The summed E-state index contributed by atoms with van der Waals surface area (Å²) in [5.74, 6) is -0.620. The number of nitrogens with one attached hydrogen (secondary N) is 1. The highest BCUT2D eigenvalue weighted by molar-refractivity contribution is 6.04. The number of carbonyl (C=O) groups is 1. The molecule has 7 heteroatoms. The predicted octanol–water partition coefficient (Wildman–Crippen LogP) is 4.20. The lowest BCUT2D eigenvalue weighted by Gasteiger charge is -2.08. The second-order valence-corrected chi connectivity index (χ2v) is 5.44. The van der Waals surface area contributed by atoms with Crippen molar-refractivity contribution in [3.8, 4) is 0 Å². The smallest absolute Gasteiger partial charge is 0.319 e. The van der Waals surface area contributed by atoms with Crippen LogP contribution in [0, 0.1) is 0 Å². The molecule has 0 fully saturated rings. The summed E-state index contributed by atoms with van der Waals surface area (Å²) in [6, 6.07) is 13.9. The lowest BCUT2D eigenvalue weighted by molar-refractivity contribution is -0.137. The van der Waals surface area contributed by atoms with Crippen LogP contribution in [0.3, 0.4) is 0 Å². The first-order chi connectivity index (χ1) is 11.9. The number of halogens is 3. The molecule has 0 aliphatic rings.